The van der Waals surface area contributed by atoms with Gasteiger partial charge >= 0.3 is 17.9 Å². The molecule has 0 bridgehead atoms. The standard InChI is InChI=1S/C58H102O6/c1-4-7-10-13-16-19-22-25-27-28-29-30-32-33-36-39-42-45-48-51-57(60)63-54-55(53-62-56(59)50-47-44-41-38-35-24-21-18-15-12-9-6-3)64-58(61)52-49-46-43-40-37-34-31-26-23-20-17-14-11-8-5-2/h7,9-10,12,16,18-19,21,25,27,55H,4-6,8,11,13-15,17,20,22-24,26,28-54H2,1-3H3/b10-7-,12-9-,19-16-,21-18-,27-25-. The molecule has 1 unspecified atom stereocenters. The molecule has 6 nitrogen and oxygen atoms in total. The zero-order chi connectivity index (χ0) is 46.5. The predicted octanol–water partition coefficient (Wildman–Crippen LogP) is 18.0. The maximum absolute atomic E-state index is 12.8. The van der Waals surface area contributed by atoms with Gasteiger partial charge in [0.15, 0.2) is 6.10 Å². The van der Waals surface area contributed by atoms with E-state index in [1.807, 2.05) is 0 Å². The normalized spacial score (nSPS) is 12.5. The van der Waals surface area contributed by atoms with Gasteiger partial charge < -0.3 is 14.2 Å². The molecule has 0 aromatic carbocycles. The van der Waals surface area contributed by atoms with Crippen LogP contribution in [0.5, 0.6) is 0 Å². The minimum absolute atomic E-state index is 0.0795. The Balaban J connectivity index is 4.34. The zero-order valence-corrected chi connectivity index (χ0v) is 42.3. The summed E-state index contributed by atoms with van der Waals surface area (Å²) in [6.45, 7) is 6.42. The third-order valence-corrected chi connectivity index (χ3v) is 11.8. The highest BCUT2D eigenvalue weighted by Crippen LogP contribution is 2.16. The molecule has 0 amide bonds. The lowest BCUT2D eigenvalue weighted by Gasteiger charge is -2.18. The van der Waals surface area contributed by atoms with Crippen molar-refractivity contribution in [3.05, 3.63) is 60.8 Å². The smallest absolute Gasteiger partial charge is 0.306 e. The van der Waals surface area contributed by atoms with Crippen LogP contribution in [0.2, 0.25) is 0 Å². The molecule has 0 heterocycles. The second-order valence-electron chi connectivity index (χ2n) is 18.1. The van der Waals surface area contributed by atoms with Crippen LogP contribution in [0, 0.1) is 0 Å². The Morgan fingerprint density at radius 1 is 0.328 bits per heavy atom. The summed E-state index contributed by atoms with van der Waals surface area (Å²) in [4.78, 5) is 38.0. The number of esters is 3. The molecule has 0 saturated carbocycles. The van der Waals surface area contributed by atoms with Crippen molar-refractivity contribution in [2.45, 2.75) is 277 Å². The molecular formula is C58H102O6. The van der Waals surface area contributed by atoms with Crippen molar-refractivity contribution in [1.29, 1.82) is 0 Å². The van der Waals surface area contributed by atoms with E-state index >= 15 is 0 Å². The number of rotatable bonds is 49. The quantitative estimate of drug-likeness (QED) is 0.0262. The molecule has 0 rings (SSSR count). The van der Waals surface area contributed by atoms with E-state index in [4.69, 9.17) is 14.2 Å². The Morgan fingerprint density at radius 3 is 0.953 bits per heavy atom. The monoisotopic (exact) mass is 895 g/mol. The van der Waals surface area contributed by atoms with Crippen molar-refractivity contribution in [3.8, 4) is 0 Å². The van der Waals surface area contributed by atoms with Gasteiger partial charge in [0.25, 0.3) is 0 Å². The highest BCUT2D eigenvalue weighted by molar-refractivity contribution is 5.71. The van der Waals surface area contributed by atoms with E-state index in [0.717, 1.165) is 103 Å². The van der Waals surface area contributed by atoms with Crippen LogP contribution in [0.1, 0.15) is 271 Å². The van der Waals surface area contributed by atoms with Crippen LogP contribution in [0.25, 0.3) is 0 Å². The molecule has 0 aromatic rings. The molecule has 0 fully saturated rings. The number of allylic oxidation sites excluding steroid dienone is 10. The molecule has 0 saturated heterocycles. The van der Waals surface area contributed by atoms with Crippen LogP contribution in [0.3, 0.4) is 0 Å². The number of ether oxygens (including phenoxy) is 3. The Bertz CT molecular complexity index is 1170. The number of carbonyl (C=O) groups is 3. The average molecular weight is 895 g/mol. The third kappa shape index (κ3) is 50.1. The molecule has 1 atom stereocenters. The Labute approximate surface area is 396 Å². The first-order valence-corrected chi connectivity index (χ1v) is 27.3. The number of hydrogen-bond donors (Lipinski definition) is 0. The molecule has 0 aromatic heterocycles. The predicted molar refractivity (Wildman–Crippen MR) is 275 cm³/mol. The van der Waals surface area contributed by atoms with Gasteiger partial charge in [0.1, 0.15) is 13.2 Å². The van der Waals surface area contributed by atoms with Gasteiger partial charge in [-0.2, -0.15) is 0 Å². The van der Waals surface area contributed by atoms with Crippen molar-refractivity contribution >= 4 is 17.9 Å². The highest BCUT2D eigenvalue weighted by atomic mass is 16.6. The van der Waals surface area contributed by atoms with E-state index in [1.165, 1.54) is 128 Å². The van der Waals surface area contributed by atoms with Crippen LogP contribution in [0.15, 0.2) is 60.8 Å². The van der Waals surface area contributed by atoms with E-state index in [0.29, 0.717) is 19.3 Å². The van der Waals surface area contributed by atoms with Gasteiger partial charge in [-0.1, -0.05) is 236 Å². The number of carbonyl (C=O) groups excluding carboxylic acids is 3. The number of hydrogen-bond acceptors (Lipinski definition) is 6. The van der Waals surface area contributed by atoms with E-state index in [2.05, 4.69) is 81.5 Å². The van der Waals surface area contributed by atoms with Crippen LogP contribution in [0.4, 0.5) is 0 Å². The Kier molecular flexibility index (Phi) is 50.4. The van der Waals surface area contributed by atoms with Crippen molar-refractivity contribution in [2.75, 3.05) is 13.2 Å². The first-order valence-electron chi connectivity index (χ1n) is 27.3. The van der Waals surface area contributed by atoms with Crippen LogP contribution >= 0.6 is 0 Å². The fraction of sp³-hybridized carbons (Fsp3) is 0.776. The van der Waals surface area contributed by atoms with Crippen LogP contribution < -0.4 is 0 Å². The maximum Gasteiger partial charge on any atom is 0.306 e. The summed E-state index contributed by atoms with van der Waals surface area (Å²) in [7, 11) is 0. The van der Waals surface area contributed by atoms with E-state index in [9.17, 15) is 14.4 Å². The highest BCUT2D eigenvalue weighted by Gasteiger charge is 2.19. The van der Waals surface area contributed by atoms with Crippen molar-refractivity contribution in [3.63, 3.8) is 0 Å². The van der Waals surface area contributed by atoms with E-state index < -0.39 is 6.10 Å². The first kappa shape index (κ1) is 61.1. The lowest BCUT2D eigenvalue weighted by Crippen LogP contribution is -2.30. The minimum Gasteiger partial charge on any atom is -0.462 e. The molecule has 370 valence electrons. The summed E-state index contributed by atoms with van der Waals surface area (Å²) in [6.07, 6.45) is 64.9. The largest absolute Gasteiger partial charge is 0.462 e. The third-order valence-electron chi connectivity index (χ3n) is 11.8. The molecule has 0 radical (unpaired) electrons. The Morgan fingerprint density at radius 2 is 0.609 bits per heavy atom. The topological polar surface area (TPSA) is 78.9 Å². The lowest BCUT2D eigenvalue weighted by molar-refractivity contribution is -0.167. The van der Waals surface area contributed by atoms with Gasteiger partial charge in [0.05, 0.1) is 0 Å². The summed E-state index contributed by atoms with van der Waals surface area (Å²) in [5.74, 6) is -0.890. The van der Waals surface area contributed by atoms with Crippen molar-refractivity contribution < 1.29 is 28.6 Å². The SMILES string of the molecule is CC/C=C\C/C=C\C/C=C\CCCCCCCCCCCC(=O)OCC(COC(=O)CCCCCCC/C=C\C/C=C\CC)OC(=O)CCCCCCCCCCCCCCCCC. The second kappa shape index (κ2) is 52.7. The molecule has 6 heteroatoms. The first-order chi connectivity index (χ1) is 31.5. The minimum atomic E-state index is -0.779. The summed E-state index contributed by atoms with van der Waals surface area (Å²) < 4.78 is 16.8. The Hall–Kier alpha value is -2.89. The zero-order valence-electron chi connectivity index (χ0n) is 42.3. The molecular weight excluding hydrogens is 793 g/mol. The fourth-order valence-corrected chi connectivity index (χ4v) is 7.73. The molecule has 0 aliphatic heterocycles. The van der Waals surface area contributed by atoms with Gasteiger partial charge in [-0.05, 0) is 77.0 Å². The summed E-state index contributed by atoms with van der Waals surface area (Å²) in [5.41, 5.74) is 0. The molecule has 0 spiro atoms. The van der Waals surface area contributed by atoms with Crippen molar-refractivity contribution in [2.24, 2.45) is 0 Å². The molecule has 0 N–H and O–H groups in total. The van der Waals surface area contributed by atoms with E-state index in [-0.39, 0.29) is 31.1 Å². The number of unbranched alkanes of at least 4 members (excludes halogenated alkanes) is 28. The fourth-order valence-electron chi connectivity index (χ4n) is 7.73. The van der Waals surface area contributed by atoms with Gasteiger partial charge in [0.2, 0.25) is 0 Å². The molecule has 64 heavy (non-hydrogen) atoms. The lowest BCUT2D eigenvalue weighted by atomic mass is 10.0. The van der Waals surface area contributed by atoms with E-state index in [1.54, 1.807) is 0 Å². The van der Waals surface area contributed by atoms with Gasteiger partial charge in [-0.15, -0.1) is 0 Å². The van der Waals surface area contributed by atoms with Crippen molar-refractivity contribution in [1.82, 2.24) is 0 Å². The van der Waals surface area contributed by atoms with Gasteiger partial charge in [-0.3, -0.25) is 14.4 Å². The van der Waals surface area contributed by atoms with Gasteiger partial charge in [0, 0.05) is 19.3 Å². The maximum atomic E-state index is 12.8. The summed E-state index contributed by atoms with van der Waals surface area (Å²) in [6, 6.07) is 0. The van der Waals surface area contributed by atoms with Gasteiger partial charge in [-0.25, -0.2) is 0 Å². The summed E-state index contributed by atoms with van der Waals surface area (Å²) >= 11 is 0. The second-order valence-corrected chi connectivity index (χ2v) is 18.1. The average Bonchev–Trinajstić information content (AvgIpc) is 3.29. The van der Waals surface area contributed by atoms with Crippen LogP contribution in [-0.4, -0.2) is 37.2 Å². The summed E-state index contributed by atoms with van der Waals surface area (Å²) in [5, 5.41) is 0. The molecule has 0 aliphatic rings. The molecule has 0 aliphatic carbocycles. The van der Waals surface area contributed by atoms with Crippen LogP contribution in [-0.2, 0) is 28.6 Å².